The van der Waals surface area contributed by atoms with E-state index in [0.29, 0.717) is 32.5 Å². The van der Waals surface area contributed by atoms with Crippen molar-refractivity contribution in [2.24, 2.45) is 11.3 Å². The first-order chi connectivity index (χ1) is 10.4. The molecule has 0 radical (unpaired) electrons. The van der Waals surface area contributed by atoms with Gasteiger partial charge >= 0.3 is 12.0 Å². The van der Waals surface area contributed by atoms with E-state index >= 15 is 0 Å². The lowest BCUT2D eigenvalue weighted by atomic mass is 9.82. The molecule has 22 heavy (non-hydrogen) atoms. The monoisotopic (exact) mass is 312 g/mol. The van der Waals surface area contributed by atoms with E-state index in [2.05, 4.69) is 19.2 Å². The summed E-state index contributed by atoms with van der Waals surface area (Å²) in [5.74, 6) is -1.06. The van der Waals surface area contributed by atoms with Gasteiger partial charge in [0, 0.05) is 31.7 Å². The number of nitrogens with zero attached hydrogens (tertiary/aromatic N) is 1. The van der Waals surface area contributed by atoms with Crippen LogP contribution < -0.4 is 5.32 Å². The maximum Gasteiger partial charge on any atom is 0.317 e. The first-order valence-electron chi connectivity index (χ1n) is 8.27. The molecular formula is C16H28N2O4. The van der Waals surface area contributed by atoms with Gasteiger partial charge in [-0.1, -0.05) is 13.8 Å². The van der Waals surface area contributed by atoms with Crippen molar-refractivity contribution in [1.82, 2.24) is 10.2 Å². The van der Waals surface area contributed by atoms with Crippen molar-refractivity contribution < 1.29 is 19.4 Å². The fourth-order valence-corrected chi connectivity index (χ4v) is 3.22. The van der Waals surface area contributed by atoms with Gasteiger partial charge in [-0.05, 0) is 32.1 Å². The molecule has 2 amide bonds. The Labute approximate surface area is 132 Å². The molecule has 6 nitrogen and oxygen atoms in total. The van der Waals surface area contributed by atoms with Crippen LogP contribution in [0.15, 0.2) is 0 Å². The predicted molar refractivity (Wildman–Crippen MR) is 82.7 cm³/mol. The number of urea groups is 1. The Morgan fingerprint density at radius 1 is 1.23 bits per heavy atom. The normalized spacial score (nSPS) is 24.1. The van der Waals surface area contributed by atoms with E-state index < -0.39 is 5.97 Å². The zero-order chi connectivity index (χ0) is 16.2. The molecule has 0 aliphatic carbocycles. The second-order valence-electron chi connectivity index (χ2n) is 7.10. The number of amides is 2. The second-order valence-corrected chi connectivity index (χ2v) is 7.10. The fraction of sp³-hybridized carbons (Fsp3) is 0.875. The number of carboxylic acids is 1. The van der Waals surface area contributed by atoms with Gasteiger partial charge in [0.15, 0.2) is 0 Å². The zero-order valence-electron chi connectivity index (χ0n) is 13.6. The molecule has 0 aromatic rings. The molecule has 6 heteroatoms. The number of piperidine rings is 1. The summed E-state index contributed by atoms with van der Waals surface area (Å²) in [5, 5.41) is 12.0. The number of aliphatic carboxylic acids is 1. The molecule has 2 N–H and O–H groups in total. The highest BCUT2D eigenvalue weighted by Gasteiger charge is 2.33. The maximum atomic E-state index is 12.2. The molecule has 2 aliphatic heterocycles. The van der Waals surface area contributed by atoms with Crippen molar-refractivity contribution in [2.75, 3.05) is 26.2 Å². The molecule has 0 spiro atoms. The number of hydrogen-bond acceptors (Lipinski definition) is 3. The highest BCUT2D eigenvalue weighted by Crippen LogP contribution is 2.29. The van der Waals surface area contributed by atoms with Crippen LogP contribution in [0.4, 0.5) is 4.79 Å². The van der Waals surface area contributed by atoms with Gasteiger partial charge in [-0.2, -0.15) is 0 Å². The van der Waals surface area contributed by atoms with Crippen LogP contribution in [-0.4, -0.2) is 54.4 Å². The summed E-state index contributed by atoms with van der Waals surface area (Å²) in [6, 6.07) is -0.0901. The Morgan fingerprint density at radius 2 is 1.91 bits per heavy atom. The zero-order valence-corrected chi connectivity index (χ0v) is 13.6. The summed E-state index contributed by atoms with van der Waals surface area (Å²) in [7, 11) is 0. The van der Waals surface area contributed by atoms with Gasteiger partial charge in [0.2, 0.25) is 0 Å². The quantitative estimate of drug-likeness (QED) is 0.833. The van der Waals surface area contributed by atoms with Crippen LogP contribution in [0.1, 0.15) is 46.0 Å². The molecule has 2 fully saturated rings. The largest absolute Gasteiger partial charge is 0.481 e. The van der Waals surface area contributed by atoms with E-state index in [1.807, 2.05) is 0 Å². The van der Waals surface area contributed by atoms with Crippen LogP contribution in [0, 0.1) is 11.3 Å². The summed E-state index contributed by atoms with van der Waals surface area (Å²) >= 11 is 0. The highest BCUT2D eigenvalue weighted by atomic mass is 16.5. The molecule has 0 aromatic heterocycles. The van der Waals surface area contributed by atoms with E-state index in [1.54, 1.807) is 4.90 Å². The molecule has 2 heterocycles. The lowest BCUT2D eigenvalue weighted by Crippen LogP contribution is -2.50. The van der Waals surface area contributed by atoms with Crippen LogP contribution in [-0.2, 0) is 9.53 Å². The van der Waals surface area contributed by atoms with Gasteiger partial charge < -0.3 is 20.1 Å². The molecule has 0 bridgehead atoms. The number of likely N-dealkylation sites (tertiary alicyclic amines) is 1. The van der Waals surface area contributed by atoms with Gasteiger partial charge in [0.25, 0.3) is 0 Å². The number of ether oxygens (including phenoxy) is 1. The van der Waals surface area contributed by atoms with Gasteiger partial charge in [0.05, 0.1) is 12.0 Å². The van der Waals surface area contributed by atoms with Crippen molar-refractivity contribution >= 4 is 12.0 Å². The van der Waals surface area contributed by atoms with Crippen LogP contribution in [0.3, 0.4) is 0 Å². The van der Waals surface area contributed by atoms with Gasteiger partial charge in [-0.15, -0.1) is 0 Å². The Kier molecular flexibility index (Phi) is 5.67. The number of hydrogen-bond donors (Lipinski definition) is 2. The third kappa shape index (κ3) is 4.35. The van der Waals surface area contributed by atoms with Crippen molar-refractivity contribution in [3.8, 4) is 0 Å². The van der Waals surface area contributed by atoms with Crippen LogP contribution >= 0.6 is 0 Å². The van der Waals surface area contributed by atoms with E-state index in [-0.39, 0.29) is 23.5 Å². The fourth-order valence-electron chi connectivity index (χ4n) is 3.22. The maximum absolute atomic E-state index is 12.2. The number of carboxylic acid groups (broad SMARTS) is 1. The smallest absolute Gasteiger partial charge is 0.317 e. The van der Waals surface area contributed by atoms with Crippen LogP contribution in [0.2, 0.25) is 0 Å². The van der Waals surface area contributed by atoms with Crippen molar-refractivity contribution in [1.29, 1.82) is 0 Å². The molecule has 0 aromatic carbocycles. The lowest BCUT2D eigenvalue weighted by Gasteiger charge is -2.38. The van der Waals surface area contributed by atoms with Crippen LogP contribution in [0.5, 0.6) is 0 Å². The topological polar surface area (TPSA) is 78.9 Å². The third-order valence-electron chi connectivity index (χ3n) is 4.88. The predicted octanol–water partition coefficient (Wildman–Crippen LogP) is 2.09. The summed E-state index contributed by atoms with van der Waals surface area (Å²) in [6.07, 6.45) is 4.63. The highest BCUT2D eigenvalue weighted by molar-refractivity contribution is 5.75. The lowest BCUT2D eigenvalue weighted by molar-refractivity contribution is -0.143. The van der Waals surface area contributed by atoms with Crippen molar-refractivity contribution in [3.05, 3.63) is 0 Å². The summed E-state index contributed by atoms with van der Waals surface area (Å²) in [6.45, 7) is 6.67. The Hall–Kier alpha value is -1.30. The van der Waals surface area contributed by atoms with E-state index in [1.165, 1.54) is 6.42 Å². The summed E-state index contributed by atoms with van der Waals surface area (Å²) < 4.78 is 5.83. The van der Waals surface area contributed by atoms with E-state index in [4.69, 9.17) is 9.84 Å². The SMILES string of the molecule is CC(C)(CNC(=O)N1CCC(C(=O)O)CC1)C1CCCCO1. The standard InChI is InChI=1S/C16H28N2O4/c1-16(2,13-5-3-4-10-22-13)11-17-15(21)18-8-6-12(7-9-18)14(19)20/h12-13H,3-11H2,1-2H3,(H,17,21)(H,19,20). The van der Waals surface area contributed by atoms with Gasteiger partial charge in [0.1, 0.15) is 0 Å². The average molecular weight is 312 g/mol. The van der Waals surface area contributed by atoms with E-state index in [9.17, 15) is 9.59 Å². The average Bonchev–Trinajstić information content (AvgIpc) is 2.53. The molecule has 0 saturated carbocycles. The molecule has 2 rings (SSSR count). The van der Waals surface area contributed by atoms with E-state index in [0.717, 1.165) is 19.4 Å². The minimum Gasteiger partial charge on any atom is -0.481 e. The molecule has 2 saturated heterocycles. The number of carbonyl (C=O) groups excluding carboxylic acids is 1. The Bertz CT molecular complexity index is 397. The van der Waals surface area contributed by atoms with Gasteiger partial charge in [-0.3, -0.25) is 4.79 Å². The number of rotatable bonds is 4. The van der Waals surface area contributed by atoms with Crippen molar-refractivity contribution in [2.45, 2.75) is 52.1 Å². The molecule has 126 valence electrons. The number of carbonyl (C=O) groups is 2. The first-order valence-corrected chi connectivity index (χ1v) is 8.27. The molecule has 2 aliphatic rings. The summed E-state index contributed by atoms with van der Waals surface area (Å²) in [5.41, 5.74) is -0.0878. The molecular weight excluding hydrogens is 284 g/mol. The molecule has 1 atom stereocenters. The first kappa shape index (κ1) is 17.1. The second kappa shape index (κ2) is 7.31. The van der Waals surface area contributed by atoms with Gasteiger partial charge in [-0.25, -0.2) is 4.79 Å². The third-order valence-corrected chi connectivity index (χ3v) is 4.88. The number of nitrogens with one attached hydrogen (secondary N) is 1. The Balaban J connectivity index is 1.76. The van der Waals surface area contributed by atoms with Crippen LogP contribution in [0.25, 0.3) is 0 Å². The summed E-state index contributed by atoms with van der Waals surface area (Å²) in [4.78, 5) is 24.9. The molecule has 1 unspecified atom stereocenters. The minimum atomic E-state index is -0.754. The Morgan fingerprint density at radius 3 is 2.45 bits per heavy atom. The minimum absolute atomic E-state index is 0.0878. The van der Waals surface area contributed by atoms with Crippen molar-refractivity contribution in [3.63, 3.8) is 0 Å².